The smallest absolute Gasteiger partial charge is 0.324 e. The van der Waals surface area contributed by atoms with Crippen LogP contribution in [0.25, 0.3) is 0 Å². The Morgan fingerprint density at radius 3 is 2.71 bits per heavy atom. The van der Waals surface area contributed by atoms with Crippen molar-refractivity contribution in [3.8, 4) is 0 Å². The van der Waals surface area contributed by atoms with E-state index in [1.54, 1.807) is 18.7 Å². The molecule has 1 fully saturated rings. The van der Waals surface area contributed by atoms with E-state index in [2.05, 4.69) is 12.2 Å². The Kier molecular flexibility index (Phi) is 4.26. The van der Waals surface area contributed by atoms with Crippen molar-refractivity contribution in [3.63, 3.8) is 0 Å². The molecule has 1 unspecified atom stereocenters. The summed E-state index contributed by atoms with van der Waals surface area (Å²) in [7, 11) is 0. The van der Waals surface area contributed by atoms with Gasteiger partial charge in [-0.25, -0.2) is 0 Å². The first-order valence-corrected chi connectivity index (χ1v) is 6.33. The molecule has 14 heavy (non-hydrogen) atoms. The molecule has 0 heterocycles. The van der Waals surface area contributed by atoms with Crippen molar-refractivity contribution in [1.29, 1.82) is 0 Å². The Morgan fingerprint density at radius 1 is 1.64 bits per heavy atom. The molecule has 0 amide bonds. The molecule has 2 N–H and O–H groups in total. The van der Waals surface area contributed by atoms with Gasteiger partial charge in [-0.3, -0.25) is 10.1 Å². The van der Waals surface area contributed by atoms with Crippen molar-refractivity contribution < 1.29 is 9.90 Å². The first-order valence-electron chi connectivity index (χ1n) is 5.17. The number of rotatable bonds is 7. The maximum Gasteiger partial charge on any atom is 0.324 e. The van der Waals surface area contributed by atoms with Crippen molar-refractivity contribution in [3.05, 3.63) is 0 Å². The third-order valence-electron chi connectivity index (χ3n) is 2.31. The summed E-state index contributed by atoms with van der Waals surface area (Å²) < 4.78 is 0. The minimum Gasteiger partial charge on any atom is -0.480 e. The number of aliphatic carboxylic acids is 1. The second-order valence-electron chi connectivity index (χ2n) is 4.11. The molecule has 0 aromatic rings. The third kappa shape index (κ3) is 3.50. The Hall–Kier alpha value is -0.220. The fourth-order valence-electron chi connectivity index (χ4n) is 1.26. The predicted octanol–water partition coefficient (Wildman–Crippen LogP) is 1.72. The fraction of sp³-hybridized carbons (Fsp3) is 0.900. The second-order valence-corrected chi connectivity index (χ2v) is 5.21. The summed E-state index contributed by atoms with van der Waals surface area (Å²) in [5.74, 6) is 0.968. The summed E-state index contributed by atoms with van der Waals surface area (Å²) in [6.45, 7) is 3.90. The van der Waals surface area contributed by atoms with Gasteiger partial charge in [0, 0.05) is 11.8 Å². The topological polar surface area (TPSA) is 49.3 Å². The highest BCUT2D eigenvalue weighted by molar-refractivity contribution is 7.99. The van der Waals surface area contributed by atoms with Gasteiger partial charge in [-0.2, -0.15) is 11.8 Å². The Labute approximate surface area is 89.6 Å². The molecular weight excluding hydrogens is 198 g/mol. The first kappa shape index (κ1) is 11.9. The van der Waals surface area contributed by atoms with E-state index in [-0.39, 0.29) is 0 Å². The van der Waals surface area contributed by atoms with Crippen LogP contribution >= 0.6 is 11.8 Å². The molecule has 1 saturated carbocycles. The number of hydrogen-bond acceptors (Lipinski definition) is 3. The number of thioether (sulfide) groups is 1. The summed E-state index contributed by atoms with van der Waals surface area (Å²) in [5, 5.41) is 12.3. The highest BCUT2D eigenvalue weighted by Crippen LogP contribution is 2.24. The molecule has 1 rings (SSSR count). The van der Waals surface area contributed by atoms with Crippen molar-refractivity contribution in [2.24, 2.45) is 0 Å². The van der Waals surface area contributed by atoms with Gasteiger partial charge >= 0.3 is 5.97 Å². The molecule has 0 aromatic carbocycles. The van der Waals surface area contributed by atoms with E-state index in [1.807, 2.05) is 0 Å². The maximum absolute atomic E-state index is 11.1. The number of carbonyl (C=O) groups is 1. The fourth-order valence-corrected chi connectivity index (χ4v) is 2.31. The molecule has 1 aliphatic rings. The van der Waals surface area contributed by atoms with E-state index in [4.69, 9.17) is 5.11 Å². The average molecular weight is 217 g/mol. The monoisotopic (exact) mass is 217 g/mol. The zero-order valence-corrected chi connectivity index (χ0v) is 9.69. The molecule has 3 nitrogen and oxygen atoms in total. The summed E-state index contributed by atoms with van der Waals surface area (Å²) in [5.41, 5.74) is -0.735. The van der Waals surface area contributed by atoms with Gasteiger partial charge in [-0.1, -0.05) is 6.92 Å². The van der Waals surface area contributed by atoms with Gasteiger partial charge in [0.15, 0.2) is 0 Å². The van der Waals surface area contributed by atoms with Gasteiger partial charge in [0.25, 0.3) is 0 Å². The van der Waals surface area contributed by atoms with Gasteiger partial charge in [-0.05, 0) is 31.9 Å². The van der Waals surface area contributed by atoms with Crippen LogP contribution in [0.2, 0.25) is 0 Å². The molecular formula is C10H19NO2S. The molecule has 82 valence electrons. The lowest BCUT2D eigenvalue weighted by Gasteiger charge is -2.25. The Balaban J connectivity index is 2.38. The van der Waals surface area contributed by atoms with E-state index >= 15 is 0 Å². The van der Waals surface area contributed by atoms with Crippen LogP contribution in [0.15, 0.2) is 0 Å². The van der Waals surface area contributed by atoms with Gasteiger partial charge in [0.1, 0.15) is 5.54 Å². The van der Waals surface area contributed by atoms with Gasteiger partial charge in [0.2, 0.25) is 0 Å². The molecule has 0 aromatic heterocycles. The lowest BCUT2D eigenvalue weighted by atomic mass is 10.1. The minimum atomic E-state index is -0.735. The van der Waals surface area contributed by atoms with E-state index in [1.165, 1.54) is 0 Å². The van der Waals surface area contributed by atoms with Crippen LogP contribution in [0.4, 0.5) is 0 Å². The zero-order chi connectivity index (χ0) is 10.6. The Bertz CT molecular complexity index is 206. The first-order chi connectivity index (χ1) is 6.58. The number of hydrogen-bond donors (Lipinski definition) is 2. The summed E-state index contributed by atoms with van der Waals surface area (Å²) in [4.78, 5) is 11.1. The molecule has 1 aliphatic carbocycles. The van der Waals surface area contributed by atoms with Crippen LogP contribution in [0.3, 0.4) is 0 Å². The molecule has 0 aliphatic heterocycles. The minimum absolute atomic E-state index is 0.443. The lowest BCUT2D eigenvalue weighted by molar-refractivity contribution is -0.143. The van der Waals surface area contributed by atoms with Gasteiger partial charge in [-0.15, -0.1) is 0 Å². The van der Waals surface area contributed by atoms with Crippen LogP contribution in [0.5, 0.6) is 0 Å². The standard InChI is InChI=1S/C10H19NO2S/c1-3-6-14-7-10(2,9(12)13)11-8-4-5-8/h8,11H,3-7H2,1-2H3,(H,12,13). The van der Waals surface area contributed by atoms with E-state index in [0.29, 0.717) is 11.8 Å². The van der Waals surface area contributed by atoms with Gasteiger partial charge < -0.3 is 5.11 Å². The number of nitrogens with one attached hydrogen (secondary N) is 1. The lowest BCUT2D eigenvalue weighted by Crippen LogP contribution is -2.52. The quantitative estimate of drug-likeness (QED) is 0.638. The van der Waals surface area contributed by atoms with Crippen LogP contribution in [0, 0.1) is 0 Å². The Morgan fingerprint density at radius 2 is 2.29 bits per heavy atom. The molecule has 4 heteroatoms. The summed E-state index contributed by atoms with van der Waals surface area (Å²) in [6, 6.07) is 0.443. The molecule has 0 bridgehead atoms. The molecule has 0 saturated heterocycles. The van der Waals surface area contributed by atoms with Crippen molar-refractivity contribution >= 4 is 17.7 Å². The van der Waals surface area contributed by atoms with Crippen molar-refractivity contribution in [1.82, 2.24) is 5.32 Å². The molecule has 0 radical (unpaired) electrons. The highest BCUT2D eigenvalue weighted by atomic mass is 32.2. The summed E-state index contributed by atoms with van der Waals surface area (Å²) >= 11 is 1.71. The number of carboxylic acid groups (broad SMARTS) is 1. The second kappa shape index (κ2) is 5.03. The van der Waals surface area contributed by atoms with Crippen LogP contribution in [-0.4, -0.2) is 34.2 Å². The number of carboxylic acids is 1. The average Bonchev–Trinajstić information content (AvgIpc) is 2.88. The zero-order valence-electron chi connectivity index (χ0n) is 8.88. The van der Waals surface area contributed by atoms with Crippen LogP contribution in [0.1, 0.15) is 33.1 Å². The van der Waals surface area contributed by atoms with Crippen molar-refractivity contribution in [2.45, 2.75) is 44.7 Å². The van der Waals surface area contributed by atoms with Crippen LogP contribution in [-0.2, 0) is 4.79 Å². The highest BCUT2D eigenvalue weighted by Gasteiger charge is 2.38. The predicted molar refractivity (Wildman–Crippen MR) is 59.8 cm³/mol. The van der Waals surface area contributed by atoms with E-state index < -0.39 is 11.5 Å². The van der Waals surface area contributed by atoms with E-state index in [0.717, 1.165) is 25.0 Å². The largest absolute Gasteiger partial charge is 0.480 e. The van der Waals surface area contributed by atoms with E-state index in [9.17, 15) is 4.79 Å². The van der Waals surface area contributed by atoms with Crippen molar-refractivity contribution in [2.75, 3.05) is 11.5 Å². The van der Waals surface area contributed by atoms with Gasteiger partial charge in [0.05, 0.1) is 0 Å². The maximum atomic E-state index is 11.1. The molecule has 0 spiro atoms. The SMILES string of the molecule is CCCSCC(C)(NC1CC1)C(=O)O. The third-order valence-corrected chi connectivity index (χ3v) is 3.79. The normalized spacial score (nSPS) is 20.4. The molecule has 1 atom stereocenters. The summed E-state index contributed by atoms with van der Waals surface area (Å²) in [6.07, 6.45) is 3.35. The van der Waals surface area contributed by atoms with Crippen LogP contribution < -0.4 is 5.32 Å².